The number of pyridine rings is 1. The molecule has 3 rings (SSSR count). The molecule has 0 aromatic carbocycles. The van der Waals surface area contributed by atoms with E-state index in [1.54, 1.807) is 12.4 Å². The fraction of sp³-hybridized carbons (Fsp3) is 0.438. The number of hydrogen-bond donors (Lipinski definition) is 0. The summed E-state index contributed by atoms with van der Waals surface area (Å²) in [6, 6.07) is 1.44. The lowest BCUT2D eigenvalue weighted by molar-refractivity contribution is 0.161. The van der Waals surface area contributed by atoms with Crippen LogP contribution in [0.25, 0.3) is 0 Å². The molecule has 2 aromatic heterocycles. The zero-order valence-electron chi connectivity index (χ0n) is 13.1. The van der Waals surface area contributed by atoms with Gasteiger partial charge in [-0.05, 0) is 35.8 Å². The monoisotopic (exact) mass is 380 g/mol. The fourth-order valence-corrected chi connectivity index (χ4v) is 2.91. The third-order valence-corrected chi connectivity index (χ3v) is 4.27. The summed E-state index contributed by atoms with van der Waals surface area (Å²) >= 11 is 3.23. The summed E-state index contributed by atoms with van der Waals surface area (Å²) in [5, 5.41) is 0. The maximum absolute atomic E-state index is 14.0. The van der Waals surface area contributed by atoms with Crippen LogP contribution in [0, 0.1) is 19.7 Å². The first kappa shape index (κ1) is 16.1. The van der Waals surface area contributed by atoms with Crippen LogP contribution in [-0.4, -0.2) is 34.1 Å². The van der Waals surface area contributed by atoms with Crippen molar-refractivity contribution in [2.75, 3.05) is 18.0 Å². The molecular formula is C16H18BrFN4O. The van der Waals surface area contributed by atoms with Crippen LogP contribution in [0.15, 0.2) is 22.9 Å². The van der Waals surface area contributed by atoms with Crippen LogP contribution in [0.4, 0.5) is 10.2 Å². The van der Waals surface area contributed by atoms with E-state index in [0.29, 0.717) is 29.3 Å². The average molecular weight is 381 g/mol. The summed E-state index contributed by atoms with van der Waals surface area (Å²) in [4.78, 5) is 14.8. The first-order valence-electron chi connectivity index (χ1n) is 7.56. The van der Waals surface area contributed by atoms with Gasteiger partial charge < -0.3 is 9.64 Å². The molecule has 23 heavy (non-hydrogen) atoms. The second-order valence-corrected chi connectivity index (χ2v) is 6.58. The number of aromatic nitrogens is 3. The highest BCUT2D eigenvalue weighted by atomic mass is 79.9. The van der Waals surface area contributed by atoms with Crippen LogP contribution in [0.3, 0.4) is 0 Å². The molecule has 0 N–H and O–H groups in total. The van der Waals surface area contributed by atoms with E-state index >= 15 is 0 Å². The van der Waals surface area contributed by atoms with E-state index in [1.807, 2.05) is 18.7 Å². The summed E-state index contributed by atoms with van der Waals surface area (Å²) in [6.07, 6.45) is 5.01. The van der Waals surface area contributed by atoms with Gasteiger partial charge in [-0.2, -0.15) is 0 Å². The van der Waals surface area contributed by atoms with E-state index in [4.69, 9.17) is 4.74 Å². The van der Waals surface area contributed by atoms with E-state index in [2.05, 4.69) is 30.9 Å². The van der Waals surface area contributed by atoms with Crippen LogP contribution in [0.2, 0.25) is 0 Å². The van der Waals surface area contributed by atoms with Crippen molar-refractivity contribution in [1.82, 2.24) is 15.0 Å². The number of aryl methyl sites for hydroxylation is 2. The molecule has 0 saturated carbocycles. The van der Waals surface area contributed by atoms with Crippen molar-refractivity contribution in [2.45, 2.75) is 32.8 Å². The molecular weight excluding hydrogens is 363 g/mol. The lowest BCUT2D eigenvalue weighted by Gasteiger charge is -2.33. The molecule has 7 heteroatoms. The van der Waals surface area contributed by atoms with Crippen LogP contribution in [-0.2, 0) is 0 Å². The fourth-order valence-electron chi connectivity index (χ4n) is 2.61. The Morgan fingerprint density at radius 3 is 2.65 bits per heavy atom. The number of nitrogens with zero attached hydrogens (tertiary/aromatic N) is 4. The molecule has 5 nitrogen and oxygen atoms in total. The SMILES string of the molecule is Cc1cnc(C)c(OC2CCN(c3ncc(Br)cc3F)CC2)n1. The van der Waals surface area contributed by atoms with Gasteiger partial charge in [0.25, 0.3) is 0 Å². The Kier molecular flexibility index (Phi) is 4.75. The van der Waals surface area contributed by atoms with Crippen molar-refractivity contribution in [3.05, 3.63) is 40.1 Å². The van der Waals surface area contributed by atoms with Gasteiger partial charge in [0.2, 0.25) is 5.88 Å². The molecule has 1 saturated heterocycles. The lowest BCUT2D eigenvalue weighted by atomic mass is 10.1. The van der Waals surface area contributed by atoms with E-state index in [9.17, 15) is 4.39 Å². The highest BCUT2D eigenvalue weighted by Crippen LogP contribution is 2.25. The van der Waals surface area contributed by atoms with Crippen molar-refractivity contribution in [3.8, 4) is 5.88 Å². The molecule has 0 bridgehead atoms. The Bertz CT molecular complexity index is 704. The van der Waals surface area contributed by atoms with Gasteiger partial charge in [-0.15, -0.1) is 0 Å². The Morgan fingerprint density at radius 2 is 1.96 bits per heavy atom. The topological polar surface area (TPSA) is 51.1 Å². The molecule has 0 amide bonds. The predicted molar refractivity (Wildman–Crippen MR) is 89.3 cm³/mol. The Balaban J connectivity index is 1.63. The number of ether oxygens (including phenoxy) is 1. The summed E-state index contributed by atoms with van der Waals surface area (Å²) < 4.78 is 20.6. The number of halogens is 2. The minimum atomic E-state index is -0.306. The van der Waals surface area contributed by atoms with E-state index in [-0.39, 0.29) is 11.9 Å². The summed E-state index contributed by atoms with van der Waals surface area (Å²) in [5.41, 5.74) is 1.63. The zero-order valence-corrected chi connectivity index (χ0v) is 14.7. The summed E-state index contributed by atoms with van der Waals surface area (Å²) in [7, 11) is 0. The van der Waals surface area contributed by atoms with Crippen molar-refractivity contribution < 1.29 is 9.13 Å². The molecule has 0 aliphatic carbocycles. The van der Waals surface area contributed by atoms with Crippen LogP contribution in [0.5, 0.6) is 5.88 Å². The Morgan fingerprint density at radius 1 is 1.22 bits per heavy atom. The minimum absolute atomic E-state index is 0.0690. The minimum Gasteiger partial charge on any atom is -0.473 e. The lowest BCUT2D eigenvalue weighted by Crippen LogP contribution is -2.39. The van der Waals surface area contributed by atoms with Crippen molar-refractivity contribution in [3.63, 3.8) is 0 Å². The predicted octanol–water partition coefficient (Wildman–Crippen LogP) is 3.44. The van der Waals surface area contributed by atoms with Gasteiger partial charge in [0, 0.05) is 42.8 Å². The third-order valence-electron chi connectivity index (χ3n) is 3.84. The second kappa shape index (κ2) is 6.78. The van der Waals surface area contributed by atoms with Crippen molar-refractivity contribution in [2.24, 2.45) is 0 Å². The summed E-state index contributed by atoms with van der Waals surface area (Å²) in [5.74, 6) is 0.689. The quantitative estimate of drug-likeness (QED) is 0.816. The van der Waals surface area contributed by atoms with E-state index in [0.717, 1.165) is 24.2 Å². The number of hydrogen-bond acceptors (Lipinski definition) is 5. The largest absolute Gasteiger partial charge is 0.473 e. The van der Waals surface area contributed by atoms with Crippen molar-refractivity contribution in [1.29, 1.82) is 0 Å². The van der Waals surface area contributed by atoms with Gasteiger partial charge in [0.05, 0.1) is 11.4 Å². The molecule has 0 unspecified atom stereocenters. The first-order valence-corrected chi connectivity index (χ1v) is 8.35. The molecule has 0 atom stereocenters. The molecule has 1 aliphatic heterocycles. The Hall–Kier alpha value is -1.76. The molecule has 0 radical (unpaired) electrons. The van der Waals surface area contributed by atoms with Crippen LogP contribution in [0.1, 0.15) is 24.2 Å². The van der Waals surface area contributed by atoms with Gasteiger partial charge in [-0.3, -0.25) is 4.98 Å². The van der Waals surface area contributed by atoms with E-state index < -0.39 is 0 Å². The first-order chi connectivity index (χ1) is 11.0. The summed E-state index contributed by atoms with van der Waals surface area (Å²) in [6.45, 7) is 5.19. The zero-order chi connectivity index (χ0) is 16.4. The highest BCUT2D eigenvalue weighted by molar-refractivity contribution is 9.10. The molecule has 1 aliphatic rings. The molecule has 3 heterocycles. The molecule has 122 valence electrons. The van der Waals surface area contributed by atoms with Gasteiger partial charge in [0.1, 0.15) is 6.10 Å². The van der Waals surface area contributed by atoms with Gasteiger partial charge in [-0.25, -0.2) is 14.4 Å². The smallest absolute Gasteiger partial charge is 0.235 e. The normalized spacial score (nSPS) is 15.7. The second-order valence-electron chi connectivity index (χ2n) is 5.67. The maximum atomic E-state index is 14.0. The molecule has 1 fully saturated rings. The average Bonchev–Trinajstić information content (AvgIpc) is 2.52. The number of anilines is 1. The highest BCUT2D eigenvalue weighted by Gasteiger charge is 2.24. The number of rotatable bonds is 3. The molecule has 0 spiro atoms. The van der Waals surface area contributed by atoms with Crippen LogP contribution < -0.4 is 9.64 Å². The Labute approximate surface area is 143 Å². The third kappa shape index (κ3) is 3.77. The standard InChI is InChI=1S/C16H18BrFN4O/c1-10-8-19-11(2)16(21-10)23-13-3-5-22(6-4-13)15-14(18)7-12(17)9-20-15/h7-9,13H,3-6H2,1-2H3. The van der Waals surface area contributed by atoms with Crippen LogP contribution >= 0.6 is 15.9 Å². The van der Waals surface area contributed by atoms with Gasteiger partial charge in [0.15, 0.2) is 11.6 Å². The van der Waals surface area contributed by atoms with Gasteiger partial charge >= 0.3 is 0 Å². The molecule has 2 aromatic rings. The maximum Gasteiger partial charge on any atom is 0.235 e. The van der Waals surface area contributed by atoms with Crippen molar-refractivity contribution >= 4 is 21.7 Å². The van der Waals surface area contributed by atoms with Gasteiger partial charge in [-0.1, -0.05) is 0 Å². The number of piperidine rings is 1. The van der Waals surface area contributed by atoms with E-state index in [1.165, 1.54) is 6.07 Å².